The number of aromatic nitrogens is 2. The molecule has 0 aliphatic heterocycles. The molecule has 0 saturated carbocycles. The summed E-state index contributed by atoms with van der Waals surface area (Å²) < 4.78 is 13.1. The Morgan fingerprint density at radius 2 is 2.00 bits per heavy atom. The molecular formula is C16H20ClFN6O. The second-order valence-electron chi connectivity index (χ2n) is 5.31. The van der Waals surface area contributed by atoms with Gasteiger partial charge < -0.3 is 16.0 Å². The molecule has 2 amide bonds. The maximum absolute atomic E-state index is 13.1. The number of hydrogen-bond donors (Lipinski definition) is 4. The largest absolute Gasteiger partial charge is 0.370 e. The Morgan fingerprint density at radius 3 is 2.72 bits per heavy atom. The molecule has 9 heteroatoms. The molecule has 0 radical (unpaired) electrons. The first-order chi connectivity index (χ1) is 12.0. The molecule has 0 fully saturated rings. The number of halogens is 2. The van der Waals surface area contributed by atoms with Gasteiger partial charge in [0.25, 0.3) is 0 Å². The number of anilines is 3. The Kier molecular flexibility index (Phi) is 6.91. The molecule has 0 atom stereocenters. The van der Waals surface area contributed by atoms with Gasteiger partial charge in [-0.15, -0.1) is 0 Å². The zero-order valence-corrected chi connectivity index (χ0v) is 14.7. The standard InChI is InChI=1S/C16H20ClFN6O/c1-10-8-14(20-7-3-6-19-2)23-15(21-10)24-16(25)22-11-4-5-13(18)12(17)9-11/h4-5,8-9,19H,3,6-7H2,1-2H3,(H3,20,21,22,23,24,25). The minimum absolute atomic E-state index is 0.0716. The fourth-order valence-electron chi connectivity index (χ4n) is 2.03. The van der Waals surface area contributed by atoms with Gasteiger partial charge in [-0.1, -0.05) is 11.6 Å². The fraction of sp³-hybridized carbons (Fsp3) is 0.312. The molecule has 2 rings (SSSR count). The van der Waals surface area contributed by atoms with E-state index in [1.54, 1.807) is 6.07 Å². The van der Waals surface area contributed by atoms with Gasteiger partial charge in [0.15, 0.2) is 0 Å². The molecule has 0 saturated heterocycles. The highest BCUT2D eigenvalue weighted by Crippen LogP contribution is 2.19. The van der Waals surface area contributed by atoms with Crippen LogP contribution >= 0.6 is 11.6 Å². The van der Waals surface area contributed by atoms with E-state index in [1.807, 2.05) is 14.0 Å². The summed E-state index contributed by atoms with van der Waals surface area (Å²) in [4.78, 5) is 20.4. The van der Waals surface area contributed by atoms with E-state index in [1.165, 1.54) is 18.2 Å². The van der Waals surface area contributed by atoms with Crippen molar-refractivity contribution in [1.82, 2.24) is 15.3 Å². The van der Waals surface area contributed by atoms with E-state index in [0.29, 0.717) is 17.2 Å². The molecule has 1 heterocycles. The van der Waals surface area contributed by atoms with Crippen molar-refractivity contribution < 1.29 is 9.18 Å². The molecule has 0 aliphatic rings. The molecule has 2 aromatic rings. The number of benzene rings is 1. The third-order valence-corrected chi connectivity index (χ3v) is 3.46. The van der Waals surface area contributed by atoms with Crippen LogP contribution in [-0.2, 0) is 0 Å². The smallest absolute Gasteiger partial charge is 0.326 e. The minimum Gasteiger partial charge on any atom is -0.370 e. The van der Waals surface area contributed by atoms with Gasteiger partial charge in [-0.25, -0.2) is 14.2 Å². The van der Waals surface area contributed by atoms with Crippen molar-refractivity contribution in [2.24, 2.45) is 0 Å². The number of rotatable bonds is 7. The Bertz CT molecular complexity index is 743. The van der Waals surface area contributed by atoms with Crippen LogP contribution in [0.4, 0.5) is 26.6 Å². The second-order valence-corrected chi connectivity index (χ2v) is 5.72. The van der Waals surface area contributed by atoms with Crippen molar-refractivity contribution in [3.8, 4) is 0 Å². The van der Waals surface area contributed by atoms with Crippen LogP contribution in [0.15, 0.2) is 24.3 Å². The van der Waals surface area contributed by atoms with Gasteiger partial charge >= 0.3 is 6.03 Å². The van der Waals surface area contributed by atoms with Gasteiger partial charge in [-0.05, 0) is 45.1 Å². The summed E-state index contributed by atoms with van der Waals surface area (Å²) in [5, 5.41) is 11.3. The lowest BCUT2D eigenvalue weighted by molar-refractivity contribution is 0.262. The fourth-order valence-corrected chi connectivity index (χ4v) is 2.21. The van der Waals surface area contributed by atoms with Gasteiger partial charge in [0.1, 0.15) is 11.6 Å². The first kappa shape index (κ1) is 18.9. The number of nitrogens with one attached hydrogen (secondary N) is 4. The van der Waals surface area contributed by atoms with Crippen molar-refractivity contribution in [2.45, 2.75) is 13.3 Å². The number of amides is 2. The van der Waals surface area contributed by atoms with Crippen LogP contribution in [0.25, 0.3) is 0 Å². The van der Waals surface area contributed by atoms with Gasteiger partial charge in [-0.3, -0.25) is 5.32 Å². The monoisotopic (exact) mass is 366 g/mol. The van der Waals surface area contributed by atoms with Crippen LogP contribution in [0.1, 0.15) is 12.1 Å². The van der Waals surface area contributed by atoms with E-state index in [0.717, 1.165) is 19.5 Å². The normalized spacial score (nSPS) is 10.4. The van der Waals surface area contributed by atoms with Crippen LogP contribution in [0.5, 0.6) is 0 Å². The number of hydrogen-bond acceptors (Lipinski definition) is 5. The predicted octanol–water partition coefficient (Wildman–Crippen LogP) is 3.24. The molecule has 4 N–H and O–H groups in total. The molecule has 25 heavy (non-hydrogen) atoms. The average molecular weight is 367 g/mol. The van der Waals surface area contributed by atoms with Crippen molar-refractivity contribution in [2.75, 3.05) is 36.1 Å². The molecule has 0 spiro atoms. The Balaban J connectivity index is 1.97. The highest BCUT2D eigenvalue weighted by molar-refractivity contribution is 6.31. The summed E-state index contributed by atoms with van der Waals surface area (Å²) >= 11 is 5.69. The molecular weight excluding hydrogens is 347 g/mol. The topological polar surface area (TPSA) is 91.0 Å². The Hall–Kier alpha value is -2.45. The number of nitrogens with zero attached hydrogens (tertiary/aromatic N) is 2. The lowest BCUT2D eigenvalue weighted by Gasteiger charge is -2.10. The zero-order chi connectivity index (χ0) is 18.2. The summed E-state index contributed by atoms with van der Waals surface area (Å²) in [6.07, 6.45) is 0.939. The number of carbonyl (C=O) groups excluding carboxylic acids is 1. The maximum Gasteiger partial charge on any atom is 0.326 e. The van der Waals surface area contributed by atoms with Crippen LogP contribution < -0.4 is 21.3 Å². The predicted molar refractivity (Wildman–Crippen MR) is 97.9 cm³/mol. The number of carbonyl (C=O) groups is 1. The second kappa shape index (κ2) is 9.14. The van der Waals surface area contributed by atoms with Gasteiger partial charge in [0.05, 0.1) is 5.02 Å². The van der Waals surface area contributed by atoms with Crippen molar-refractivity contribution >= 4 is 35.1 Å². The first-order valence-electron chi connectivity index (χ1n) is 7.75. The minimum atomic E-state index is -0.552. The SMILES string of the molecule is CNCCCNc1cc(C)nc(NC(=O)Nc2ccc(F)c(Cl)c2)n1. The zero-order valence-electron chi connectivity index (χ0n) is 14.0. The summed E-state index contributed by atoms with van der Waals surface area (Å²) in [5.74, 6) is 0.245. The van der Waals surface area contributed by atoms with Gasteiger partial charge in [0, 0.05) is 24.0 Å². The van der Waals surface area contributed by atoms with Crippen LogP contribution in [0, 0.1) is 12.7 Å². The highest BCUT2D eigenvalue weighted by atomic mass is 35.5. The van der Waals surface area contributed by atoms with E-state index in [-0.39, 0.29) is 11.0 Å². The quantitative estimate of drug-likeness (QED) is 0.565. The third kappa shape index (κ3) is 6.17. The summed E-state index contributed by atoms with van der Waals surface area (Å²) in [6, 6.07) is 5.15. The molecule has 134 valence electrons. The highest BCUT2D eigenvalue weighted by Gasteiger charge is 2.08. The summed E-state index contributed by atoms with van der Waals surface area (Å²) in [5.41, 5.74) is 1.08. The van der Waals surface area contributed by atoms with Crippen molar-refractivity contribution in [3.05, 3.63) is 40.8 Å². The van der Waals surface area contributed by atoms with Crippen LogP contribution in [0.3, 0.4) is 0 Å². The molecule has 0 unspecified atom stereocenters. The third-order valence-electron chi connectivity index (χ3n) is 3.17. The molecule has 0 aliphatic carbocycles. The Labute approximate surface area is 150 Å². The van der Waals surface area contributed by atoms with E-state index >= 15 is 0 Å². The average Bonchev–Trinajstić information content (AvgIpc) is 2.54. The molecule has 1 aromatic carbocycles. The Morgan fingerprint density at radius 1 is 1.20 bits per heavy atom. The maximum atomic E-state index is 13.1. The van der Waals surface area contributed by atoms with E-state index < -0.39 is 11.8 Å². The molecule has 1 aromatic heterocycles. The van der Waals surface area contributed by atoms with E-state index in [2.05, 4.69) is 31.2 Å². The van der Waals surface area contributed by atoms with Gasteiger partial charge in [0.2, 0.25) is 5.95 Å². The number of urea groups is 1. The number of aryl methyl sites for hydroxylation is 1. The lowest BCUT2D eigenvalue weighted by Crippen LogP contribution is -2.21. The van der Waals surface area contributed by atoms with Crippen molar-refractivity contribution in [3.63, 3.8) is 0 Å². The summed E-state index contributed by atoms with van der Waals surface area (Å²) in [6.45, 7) is 3.45. The van der Waals surface area contributed by atoms with E-state index in [9.17, 15) is 9.18 Å². The van der Waals surface area contributed by atoms with Crippen LogP contribution in [0.2, 0.25) is 5.02 Å². The van der Waals surface area contributed by atoms with Crippen LogP contribution in [-0.4, -0.2) is 36.1 Å². The van der Waals surface area contributed by atoms with Gasteiger partial charge in [-0.2, -0.15) is 4.98 Å². The van der Waals surface area contributed by atoms with Crippen molar-refractivity contribution in [1.29, 1.82) is 0 Å². The molecule has 7 nitrogen and oxygen atoms in total. The van der Waals surface area contributed by atoms with E-state index in [4.69, 9.17) is 11.6 Å². The first-order valence-corrected chi connectivity index (χ1v) is 8.13. The summed E-state index contributed by atoms with van der Waals surface area (Å²) in [7, 11) is 1.89. The molecule has 0 bridgehead atoms. The lowest BCUT2D eigenvalue weighted by atomic mass is 10.3.